The molecule has 20 heavy (non-hydrogen) atoms. The van der Waals surface area contributed by atoms with Gasteiger partial charge in [0, 0.05) is 6.54 Å². The highest BCUT2D eigenvalue weighted by molar-refractivity contribution is 7.89. The van der Waals surface area contributed by atoms with Crippen LogP contribution >= 0.6 is 0 Å². The van der Waals surface area contributed by atoms with Gasteiger partial charge in [-0.1, -0.05) is 0 Å². The second-order valence-electron chi connectivity index (χ2n) is 4.47. The van der Waals surface area contributed by atoms with Crippen LogP contribution in [0.5, 0.6) is 5.75 Å². The van der Waals surface area contributed by atoms with Crippen molar-refractivity contribution in [3.63, 3.8) is 0 Å². The van der Waals surface area contributed by atoms with Gasteiger partial charge in [-0.05, 0) is 30.7 Å². The van der Waals surface area contributed by atoms with Crippen LogP contribution in [0.3, 0.4) is 0 Å². The first-order valence-corrected chi connectivity index (χ1v) is 7.35. The Balaban J connectivity index is 2.35. The zero-order valence-corrected chi connectivity index (χ0v) is 11.5. The van der Waals surface area contributed by atoms with E-state index < -0.39 is 28.1 Å². The molecule has 0 saturated carbocycles. The maximum atomic E-state index is 12.4. The Morgan fingerprint density at radius 3 is 2.50 bits per heavy atom. The van der Waals surface area contributed by atoms with Crippen molar-refractivity contribution in [2.24, 2.45) is 0 Å². The number of carbonyl (C=O) groups excluding carboxylic acids is 1. The van der Waals surface area contributed by atoms with Crippen LogP contribution in [0.2, 0.25) is 0 Å². The van der Waals surface area contributed by atoms with E-state index in [4.69, 9.17) is 4.74 Å². The Kier molecular flexibility index (Phi) is 3.98. The number of aliphatic carboxylic acids is 1. The van der Waals surface area contributed by atoms with Crippen LogP contribution in [-0.4, -0.2) is 49.6 Å². The molecule has 0 amide bonds. The van der Waals surface area contributed by atoms with Crippen molar-refractivity contribution >= 4 is 16.0 Å². The van der Waals surface area contributed by atoms with Gasteiger partial charge in [0.15, 0.2) is 0 Å². The monoisotopic (exact) mass is 300 g/mol. The van der Waals surface area contributed by atoms with Gasteiger partial charge in [0.2, 0.25) is 10.0 Å². The van der Waals surface area contributed by atoms with E-state index in [1.54, 1.807) is 0 Å². The standard InChI is InChI=1S/C12H15NO6S/c1-19-9-2-4-10(5-3-9)20(17,18)13-7-8(14)6-11(13)12(15)16/h2-5,8,11,14H,6-7H2,1H3,(H,15,16)/p-1/t8-,11-/m1/s1. The van der Waals surface area contributed by atoms with Crippen molar-refractivity contribution in [3.8, 4) is 5.75 Å². The van der Waals surface area contributed by atoms with E-state index in [0.717, 1.165) is 4.31 Å². The number of methoxy groups -OCH3 is 1. The van der Waals surface area contributed by atoms with E-state index in [9.17, 15) is 23.4 Å². The Morgan fingerprint density at radius 1 is 1.40 bits per heavy atom. The molecule has 0 radical (unpaired) electrons. The number of aliphatic hydroxyl groups excluding tert-OH is 1. The van der Waals surface area contributed by atoms with Gasteiger partial charge >= 0.3 is 0 Å². The number of carbonyl (C=O) groups is 1. The third-order valence-corrected chi connectivity index (χ3v) is 5.06. The summed E-state index contributed by atoms with van der Waals surface area (Å²) in [6.07, 6.45) is -1.18. The second kappa shape index (κ2) is 5.39. The maximum Gasteiger partial charge on any atom is 0.243 e. The molecule has 1 N–H and O–H groups in total. The average Bonchev–Trinajstić information content (AvgIpc) is 2.82. The fraction of sp³-hybridized carbons (Fsp3) is 0.417. The number of rotatable bonds is 4. The van der Waals surface area contributed by atoms with Crippen LogP contribution in [0.4, 0.5) is 0 Å². The number of aliphatic hydroxyl groups is 1. The van der Waals surface area contributed by atoms with Crippen molar-refractivity contribution in [3.05, 3.63) is 24.3 Å². The Morgan fingerprint density at radius 2 is 2.00 bits per heavy atom. The maximum absolute atomic E-state index is 12.4. The lowest BCUT2D eigenvalue weighted by Crippen LogP contribution is -2.46. The first kappa shape index (κ1) is 14.8. The SMILES string of the molecule is COc1ccc(S(=O)(=O)N2C[C@H](O)C[C@@H]2C(=O)[O-])cc1. The third kappa shape index (κ3) is 2.62. The van der Waals surface area contributed by atoms with Crippen LogP contribution in [-0.2, 0) is 14.8 Å². The summed E-state index contributed by atoms with van der Waals surface area (Å²) >= 11 is 0. The van der Waals surface area contributed by atoms with Crippen LogP contribution in [0.1, 0.15) is 6.42 Å². The van der Waals surface area contributed by atoms with Crippen LogP contribution in [0.25, 0.3) is 0 Å². The molecule has 0 bridgehead atoms. The minimum absolute atomic E-state index is 0.0568. The van der Waals surface area contributed by atoms with Crippen molar-refractivity contribution in [2.75, 3.05) is 13.7 Å². The Bertz CT molecular complexity index is 597. The molecule has 1 aromatic carbocycles. The summed E-state index contributed by atoms with van der Waals surface area (Å²) in [7, 11) is -2.54. The van der Waals surface area contributed by atoms with E-state index in [1.807, 2.05) is 0 Å². The lowest BCUT2D eigenvalue weighted by Gasteiger charge is -2.24. The van der Waals surface area contributed by atoms with Gasteiger partial charge in [0.1, 0.15) is 5.75 Å². The molecule has 1 fully saturated rings. The molecular weight excluding hydrogens is 286 g/mol. The summed E-state index contributed by atoms with van der Waals surface area (Å²) in [6.45, 7) is -0.257. The van der Waals surface area contributed by atoms with Gasteiger partial charge in [-0.25, -0.2) is 8.42 Å². The summed E-state index contributed by atoms with van der Waals surface area (Å²) in [4.78, 5) is 10.9. The molecule has 0 spiro atoms. The summed E-state index contributed by atoms with van der Waals surface area (Å²) < 4.78 is 30.4. The minimum atomic E-state index is -3.99. The van der Waals surface area contributed by atoms with Gasteiger partial charge in [-0.15, -0.1) is 0 Å². The van der Waals surface area contributed by atoms with E-state index >= 15 is 0 Å². The number of carboxylic acid groups (broad SMARTS) is 1. The van der Waals surface area contributed by atoms with Crippen LogP contribution in [0.15, 0.2) is 29.2 Å². The van der Waals surface area contributed by atoms with Crippen LogP contribution < -0.4 is 9.84 Å². The molecule has 1 saturated heterocycles. The normalized spacial score (nSPS) is 23.7. The molecule has 2 atom stereocenters. The number of ether oxygens (including phenoxy) is 1. The average molecular weight is 300 g/mol. The van der Waals surface area contributed by atoms with Gasteiger partial charge < -0.3 is 19.7 Å². The fourth-order valence-electron chi connectivity index (χ4n) is 2.15. The number of nitrogens with zero attached hydrogens (tertiary/aromatic N) is 1. The topological polar surface area (TPSA) is 107 Å². The van der Waals surface area contributed by atoms with E-state index in [-0.39, 0.29) is 17.9 Å². The highest BCUT2D eigenvalue weighted by Crippen LogP contribution is 2.27. The summed E-state index contributed by atoms with van der Waals surface area (Å²) in [6, 6.07) is 4.23. The molecule has 1 aromatic rings. The number of benzene rings is 1. The van der Waals surface area contributed by atoms with Gasteiger partial charge in [-0.3, -0.25) is 0 Å². The number of hydrogen-bond donors (Lipinski definition) is 1. The lowest BCUT2D eigenvalue weighted by molar-refractivity contribution is -0.309. The molecular formula is C12H14NO6S-. The van der Waals surface area contributed by atoms with Crippen molar-refractivity contribution in [2.45, 2.75) is 23.5 Å². The molecule has 0 aromatic heterocycles. The first-order chi connectivity index (χ1) is 9.36. The summed E-state index contributed by atoms with van der Waals surface area (Å²) in [5.74, 6) is -1.03. The first-order valence-electron chi connectivity index (χ1n) is 5.91. The minimum Gasteiger partial charge on any atom is -0.548 e. The highest BCUT2D eigenvalue weighted by atomic mass is 32.2. The molecule has 0 unspecified atom stereocenters. The third-order valence-electron chi connectivity index (χ3n) is 3.17. The van der Waals surface area contributed by atoms with Crippen molar-refractivity contribution in [1.29, 1.82) is 0 Å². The van der Waals surface area contributed by atoms with Gasteiger partial charge in [0.25, 0.3) is 0 Å². The van der Waals surface area contributed by atoms with Crippen LogP contribution in [0, 0.1) is 0 Å². The molecule has 0 aliphatic carbocycles. The predicted molar refractivity (Wildman–Crippen MR) is 66.3 cm³/mol. The van der Waals surface area contributed by atoms with Gasteiger partial charge in [0.05, 0.1) is 30.1 Å². The second-order valence-corrected chi connectivity index (χ2v) is 6.37. The lowest BCUT2D eigenvalue weighted by atomic mass is 10.2. The fourth-order valence-corrected chi connectivity index (χ4v) is 3.77. The largest absolute Gasteiger partial charge is 0.548 e. The summed E-state index contributed by atoms with van der Waals surface area (Å²) in [5, 5.41) is 20.5. The molecule has 2 rings (SSSR count). The van der Waals surface area contributed by atoms with E-state index in [0.29, 0.717) is 5.75 Å². The smallest absolute Gasteiger partial charge is 0.243 e. The quantitative estimate of drug-likeness (QED) is 0.730. The number of sulfonamides is 1. The molecule has 1 heterocycles. The molecule has 8 heteroatoms. The highest BCUT2D eigenvalue weighted by Gasteiger charge is 2.40. The summed E-state index contributed by atoms with van der Waals surface area (Å²) in [5.41, 5.74) is 0. The molecule has 1 aliphatic heterocycles. The Labute approximate surface area is 116 Å². The number of β-amino-alcohol motifs (C(OH)–C–C–N with tert-alkyl or cyclic N) is 1. The zero-order valence-electron chi connectivity index (χ0n) is 10.7. The predicted octanol–water partition coefficient (Wildman–Crippen LogP) is -1.43. The molecule has 1 aliphatic rings. The van der Waals surface area contributed by atoms with Crippen molar-refractivity contribution < 1.29 is 28.2 Å². The van der Waals surface area contributed by atoms with E-state index in [1.165, 1.54) is 31.4 Å². The molecule has 7 nitrogen and oxygen atoms in total. The molecule has 110 valence electrons. The zero-order chi connectivity index (χ0) is 14.9. The Hall–Kier alpha value is -1.64. The van der Waals surface area contributed by atoms with E-state index in [2.05, 4.69) is 0 Å². The van der Waals surface area contributed by atoms with Gasteiger partial charge in [-0.2, -0.15) is 4.31 Å². The van der Waals surface area contributed by atoms with Crippen molar-refractivity contribution in [1.82, 2.24) is 4.31 Å². The number of hydrogen-bond acceptors (Lipinski definition) is 6. The number of carboxylic acids is 1.